The van der Waals surface area contributed by atoms with Crippen molar-refractivity contribution in [1.82, 2.24) is 4.90 Å². The van der Waals surface area contributed by atoms with E-state index in [0.717, 1.165) is 26.1 Å². The quantitative estimate of drug-likeness (QED) is 0.836. The molecule has 19 heavy (non-hydrogen) atoms. The minimum absolute atomic E-state index is 0.302. The minimum atomic E-state index is -0.919. The average molecular weight is 285 g/mol. The number of carbonyl (C=O) groups is 1. The van der Waals surface area contributed by atoms with Crippen LogP contribution < -0.4 is 4.90 Å². The molecular formula is C14H21ClN2O2. The van der Waals surface area contributed by atoms with E-state index in [0.29, 0.717) is 16.3 Å². The molecule has 0 aliphatic heterocycles. The molecule has 1 N–H and O–H groups in total. The summed E-state index contributed by atoms with van der Waals surface area (Å²) in [5.74, 6) is -0.919. The summed E-state index contributed by atoms with van der Waals surface area (Å²) in [6, 6.07) is 4.92. The lowest BCUT2D eigenvalue weighted by Crippen LogP contribution is -2.33. The zero-order valence-electron chi connectivity index (χ0n) is 11.7. The molecule has 0 saturated carbocycles. The fraction of sp³-hybridized carbons (Fsp3) is 0.500. The highest BCUT2D eigenvalue weighted by atomic mass is 35.5. The van der Waals surface area contributed by atoms with Crippen molar-refractivity contribution in [3.8, 4) is 0 Å². The normalized spacial score (nSPS) is 10.8. The Hall–Kier alpha value is -1.26. The molecule has 4 nitrogen and oxygen atoms in total. The first-order valence-electron chi connectivity index (χ1n) is 6.38. The number of rotatable bonds is 7. The third kappa shape index (κ3) is 4.73. The van der Waals surface area contributed by atoms with Gasteiger partial charge in [-0.15, -0.1) is 0 Å². The summed E-state index contributed by atoms with van der Waals surface area (Å²) in [6.45, 7) is 4.54. The van der Waals surface area contributed by atoms with Crippen molar-refractivity contribution in [2.24, 2.45) is 0 Å². The second kappa shape index (κ2) is 7.36. The van der Waals surface area contributed by atoms with Crippen LogP contribution in [0.1, 0.15) is 23.7 Å². The second-order valence-corrected chi connectivity index (χ2v) is 5.19. The van der Waals surface area contributed by atoms with E-state index in [9.17, 15) is 9.90 Å². The van der Waals surface area contributed by atoms with E-state index in [4.69, 9.17) is 11.6 Å². The van der Waals surface area contributed by atoms with Crippen molar-refractivity contribution in [3.63, 3.8) is 0 Å². The maximum atomic E-state index is 11.3. The number of hydrogen-bond donors (Lipinski definition) is 1. The summed E-state index contributed by atoms with van der Waals surface area (Å²) in [7, 11) is 4.00. The molecule has 0 atom stereocenters. The molecular weight excluding hydrogens is 264 g/mol. The lowest BCUT2D eigenvalue weighted by atomic mass is 10.1. The van der Waals surface area contributed by atoms with Gasteiger partial charge in [0, 0.05) is 24.7 Å². The number of anilines is 1. The molecule has 1 aromatic carbocycles. The highest BCUT2D eigenvalue weighted by Crippen LogP contribution is 2.25. The zero-order chi connectivity index (χ0) is 14.4. The number of carboxylic acid groups (broad SMARTS) is 1. The Labute approximate surface area is 119 Å². The van der Waals surface area contributed by atoms with Gasteiger partial charge in [0.1, 0.15) is 0 Å². The van der Waals surface area contributed by atoms with Gasteiger partial charge in [0.25, 0.3) is 0 Å². The molecule has 0 bridgehead atoms. The monoisotopic (exact) mass is 284 g/mol. The van der Waals surface area contributed by atoms with Crippen LogP contribution in [0.5, 0.6) is 0 Å². The molecule has 0 saturated heterocycles. The van der Waals surface area contributed by atoms with Crippen LogP contribution in [-0.4, -0.2) is 49.7 Å². The zero-order valence-corrected chi connectivity index (χ0v) is 12.4. The molecule has 0 heterocycles. The van der Waals surface area contributed by atoms with Crippen molar-refractivity contribution < 1.29 is 9.90 Å². The maximum absolute atomic E-state index is 11.3. The lowest BCUT2D eigenvalue weighted by Gasteiger charge is -2.27. The van der Waals surface area contributed by atoms with Crippen molar-refractivity contribution in [2.45, 2.75) is 13.3 Å². The summed E-state index contributed by atoms with van der Waals surface area (Å²) in [4.78, 5) is 15.5. The first kappa shape index (κ1) is 15.8. The smallest absolute Gasteiger partial charge is 0.337 e. The maximum Gasteiger partial charge on any atom is 0.337 e. The van der Waals surface area contributed by atoms with Crippen molar-refractivity contribution in [3.05, 3.63) is 28.8 Å². The predicted molar refractivity (Wildman–Crippen MR) is 79.5 cm³/mol. The number of benzene rings is 1. The molecule has 106 valence electrons. The highest BCUT2D eigenvalue weighted by Gasteiger charge is 2.16. The standard InChI is InChI=1S/C14H21ClN2O2/c1-4-7-17(9-8-16(2)3)13-10-11(15)5-6-12(13)14(18)19/h5-6,10H,4,7-9H2,1-3H3,(H,18,19). The predicted octanol–water partition coefficient (Wildman–Crippen LogP) is 2.82. The van der Waals surface area contributed by atoms with E-state index < -0.39 is 5.97 Å². The van der Waals surface area contributed by atoms with Crippen molar-refractivity contribution in [1.29, 1.82) is 0 Å². The third-order valence-electron chi connectivity index (χ3n) is 2.84. The molecule has 0 aromatic heterocycles. The average Bonchev–Trinajstić information content (AvgIpc) is 2.33. The van der Waals surface area contributed by atoms with Crippen LogP contribution in [0, 0.1) is 0 Å². The Kier molecular flexibility index (Phi) is 6.12. The minimum Gasteiger partial charge on any atom is -0.478 e. The van der Waals surface area contributed by atoms with Gasteiger partial charge >= 0.3 is 5.97 Å². The summed E-state index contributed by atoms with van der Waals surface area (Å²) >= 11 is 6.00. The van der Waals surface area contributed by atoms with E-state index in [2.05, 4.69) is 16.7 Å². The summed E-state index contributed by atoms with van der Waals surface area (Å²) in [5.41, 5.74) is 1.00. The molecule has 0 amide bonds. The van der Waals surface area contributed by atoms with E-state index in [1.165, 1.54) is 0 Å². The molecule has 0 fully saturated rings. The van der Waals surface area contributed by atoms with Gasteiger partial charge in [0.2, 0.25) is 0 Å². The molecule has 0 aliphatic rings. The number of halogens is 1. The van der Waals surface area contributed by atoms with E-state index in [1.807, 2.05) is 14.1 Å². The number of nitrogens with zero attached hydrogens (tertiary/aromatic N) is 2. The Morgan fingerprint density at radius 1 is 1.26 bits per heavy atom. The largest absolute Gasteiger partial charge is 0.478 e. The van der Waals surface area contributed by atoms with Crippen molar-refractivity contribution >= 4 is 23.3 Å². The van der Waals surface area contributed by atoms with Crippen LogP contribution >= 0.6 is 11.6 Å². The van der Waals surface area contributed by atoms with Crippen LogP contribution in [-0.2, 0) is 0 Å². The number of carboxylic acids is 1. The van der Waals surface area contributed by atoms with Gasteiger partial charge in [-0.2, -0.15) is 0 Å². The molecule has 0 spiro atoms. The fourth-order valence-electron chi connectivity index (χ4n) is 1.89. The topological polar surface area (TPSA) is 43.8 Å². The molecule has 5 heteroatoms. The van der Waals surface area contributed by atoms with Gasteiger partial charge in [-0.1, -0.05) is 18.5 Å². The van der Waals surface area contributed by atoms with Gasteiger partial charge in [0.05, 0.1) is 11.3 Å². The Balaban J connectivity index is 3.05. The van der Waals surface area contributed by atoms with Crippen LogP contribution in [0.3, 0.4) is 0 Å². The van der Waals surface area contributed by atoms with Gasteiger partial charge in [-0.25, -0.2) is 4.79 Å². The van der Waals surface area contributed by atoms with E-state index in [1.54, 1.807) is 18.2 Å². The van der Waals surface area contributed by atoms with E-state index >= 15 is 0 Å². The van der Waals surface area contributed by atoms with Crippen LogP contribution in [0.25, 0.3) is 0 Å². The second-order valence-electron chi connectivity index (χ2n) is 4.76. The van der Waals surface area contributed by atoms with Crippen LogP contribution in [0.2, 0.25) is 5.02 Å². The first-order valence-corrected chi connectivity index (χ1v) is 6.76. The number of aromatic carboxylic acids is 1. The molecule has 0 unspecified atom stereocenters. The molecule has 0 aliphatic carbocycles. The van der Waals surface area contributed by atoms with Crippen LogP contribution in [0.4, 0.5) is 5.69 Å². The highest BCUT2D eigenvalue weighted by molar-refractivity contribution is 6.31. The van der Waals surface area contributed by atoms with Crippen molar-refractivity contribution in [2.75, 3.05) is 38.6 Å². The number of hydrogen-bond acceptors (Lipinski definition) is 3. The van der Waals surface area contributed by atoms with Gasteiger partial charge in [0.15, 0.2) is 0 Å². The Morgan fingerprint density at radius 3 is 2.47 bits per heavy atom. The fourth-order valence-corrected chi connectivity index (χ4v) is 2.06. The SMILES string of the molecule is CCCN(CCN(C)C)c1cc(Cl)ccc1C(=O)O. The van der Waals surface area contributed by atoms with Gasteiger partial charge < -0.3 is 14.9 Å². The Bertz CT molecular complexity index is 435. The Morgan fingerprint density at radius 2 is 1.95 bits per heavy atom. The molecule has 0 radical (unpaired) electrons. The third-order valence-corrected chi connectivity index (χ3v) is 3.08. The first-order chi connectivity index (χ1) is 8.95. The van der Waals surface area contributed by atoms with Gasteiger partial charge in [-0.3, -0.25) is 0 Å². The molecule has 1 rings (SSSR count). The van der Waals surface area contributed by atoms with Crippen LogP contribution in [0.15, 0.2) is 18.2 Å². The summed E-state index contributed by atoms with van der Waals surface area (Å²) in [6.07, 6.45) is 0.957. The summed E-state index contributed by atoms with van der Waals surface area (Å²) in [5, 5.41) is 9.83. The number of likely N-dealkylation sites (N-methyl/N-ethyl adjacent to an activating group) is 1. The lowest BCUT2D eigenvalue weighted by molar-refractivity contribution is 0.0697. The van der Waals surface area contributed by atoms with Gasteiger partial charge in [-0.05, 0) is 38.7 Å². The summed E-state index contributed by atoms with van der Waals surface area (Å²) < 4.78 is 0. The molecule has 1 aromatic rings. The van der Waals surface area contributed by atoms with E-state index in [-0.39, 0.29) is 0 Å².